The Labute approximate surface area is 89.1 Å². The van der Waals surface area contributed by atoms with E-state index < -0.39 is 0 Å². The van der Waals surface area contributed by atoms with E-state index >= 15 is 0 Å². The number of benzene rings is 1. The summed E-state index contributed by atoms with van der Waals surface area (Å²) >= 11 is 0. The zero-order valence-electron chi connectivity index (χ0n) is 9.16. The lowest BCUT2D eigenvalue weighted by Crippen LogP contribution is -1.92. The average Bonchev–Trinajstić information content (AvgIpc) is 2.64. The highest BCUT2D eigenvalue weighted by Gasteiger charge is 2.10. The van der Waals surface area contributed by atoms with Crippen molar-refractivity contribution in [3.8, 4) is 17.1 Å². The van der Waals surface area contributed by atoms with Crippen LogP contribution in [0.3, 0.4) is 0 Å². The van der Waals surface area contributed by atoms with Crippen molar-refractivity contribution in [2.75, 3.05) is 7.11 Å². The Hall–Kier alpha value is -1.77. The Bertz CT molecular complexity index is 474. The minimum atomic E-state index is 0.855. The van der Waals surface area contributed by atoms with Crippen LogP contribution in [-0.2, 0) is 0 Å². The topological polar surface area (TPSA) is 37.9 Å². The van der Waals surface area contributed by atoms with E-state index in [9.17, 15) is 0 Å². The molecule has 0 bridgehead atoms. The summed E-state index contributed by atoms with van der Waals surface area (Å²) in [6, 6.07) is 6.03. The van der Waals surface area contributed by atoms with E-state index in [1.807, 2.05) is 38.2 Å². The van der Waals surface area contributed by atoms with Gasteiger partial charge in [-0.05, 0) is 25.5 Å². The van der Waals surface area contributed by atoms with Gasteiger partial charge < -0.3 is 9.72 Å². The smallest absolute Gasteiger partial charge is 0.141 e. The Morgan fingerprint density at radius 3 is 2.67 bits per heavy atom. The molecule has 78 valence electrons. The first-order chi connectivity index (χ1) is 7.22. The van der Waals surface area contributed by atoms with Crippen LogP contribution in [0.5, 0.6) is 5.75 Å². The molecule has 15 heavy (non-hydrogen) atoms. The fraction of sp³-hybridized carbons (Fsp3) is 0.250. The van der Waals surface area contributed by atoms with E-state index in [-0.39, 0.29) is 0 Å². The molecule has 0 spiro atoms. The van der Waals surface area contributed by atoms with Gasteiger partial charge in [0.25, 0.3) is 0 Å². The lowest BCUT2D eigenvalue weighted by atomic mass is 10.1. The lowest BCUT2D eigenvalue weighted by Gasteiger charge is -2.08. The number of aromatic amines is 1. The molecule has 0 radical (unpaired) electrons. The van der Waals surface area contributed by atoms with E-state index in [0.29, 0.717) is 0 Å². The van der Waals surface area contributed by atoms with Gasteiger partial charge in [-0.1, -0.05) is 12.1 Å². The maximum atomic E-state index is 5.38. The number of H-pyrrole nitrogens is 1. The molecule has 0 atom stereocenters. The fourth-order valence-corrected chi connectivity index (χ4v) is 1.66. The second-order valence-corrected chi connectivity index (χ2v) is 3.55. The molecule has 3 heteroatoms. The van der Waals surface area contributed by atoms with Crippen molar-refractivity contribution in [2.45, 2.75) is 13.8 Å². The molecular weight excluding hydrogens is 188 g/mol. The third-order valence-electron chi connectivity index (χ3n) is 2.38. The van der Waals surface area contributed by atoms with E-state index in [1.165, 1.54) is 0 Å². The lowest BCUT2D eigenvalue weighted by molar-refractivity contribution is 0.413. The SMILES string of the molecule is COc1c(C)cccc1-c1nc(C)c[nH]1. The predicted octanol–water partition coefficient (Wildman–Crippen LogP) is 2.70. The molecule has 1 heterocycles. The van der Waals surface area contributed by atoms with E-state index in [0.717, 1.165) is 28.4 Å². The van der Waals surface area contributed by atoms with Crippen molar-refractivity contribution >= 4 is 0 Å². The number of nitrogens with one attached hydrogen (secondary N) is 1. The van der Waals surface area contributed by atoms with Gasteiger partial charge in [-0.25, -0.2) is 4.98 Å². The van der Waals surface area contributed by atoms with Crippen LogP contribution in [-0.4, -0.2) is 17.1 Å². The van der Waals surface area contributed by atoms with Crippen LogP contribution in [0.15, 0.2) is 24.4 Å². The first-order valence-electron chi connectivity index (χ1n) is 4.88. The fourth-order valence-electron chi connectivity index (χ4n) is 1.66. The van der Waals surface area contributed by atoms with Crippen LogP contribution in [0, 0.1) is 13.8 Å². The molecule has 1 N–H and O–H groups in total. The molecule has 0 aliphatic rings. The van der Waals surface area contributed by atoms with Crippen molar-refractivity contribution in [3.63, 3.8) is 0 Å². The number of ether oxygens (including phenoxy) is 1. The van der Waals surface area contributed by atoms with Gasteiger partial charge in [0.15, 0.2) is 0 Å². The number of nitrogens with zero attached hydrogens (tertiary/aromatic N) is 1. The van der Waals surface area contributed by atoms with Crippen molar-refractivity contribution < 1.29 is 4.74 Å². The summed E-state index contributed by atoms with van der Waals surface area (Å²) in [6.07, 6.45) is 1.89. The zero-order valence-corrected chi connectivity index (χ0v) is 9.16. The largest absolute Gasteiger partial charge is 0.496 e. The van der Waals surface area contributed by atoms with Crippen molar-refractivity contribution in [1.82, 2.24) is 9.97 Å². The van der Waals surface area contributed by atoms with E-state index in [2.05, 4.69) is 9.97 Å². The molecular formula is C12H14N2O. The maximum absolute atomic E-state index is 5.38. The summed E-state index contributed by atoms with van der Waals surface area (Å²) in [5.41, 5.74) is 3.10. The van der Waals surface area contributed by atoms with Crippen molar-refractivity contribution in [3.05, 3.63) is 35.7 Å². The number of hydrogen-bond acceptors (Lipinski definition) is 2. The zero-order chi connectivity index (χ0) is 10.8. The van der Waals surface area contributed by atoms with Crippen LogP contribution in [0.1, 0.15) is 11.3 Å². The van der Waals surface area contributed by atoms with E-state index in [4.69, 9.17) is 4.74 Å². The van der Waals surface area contributed by atoms with E-state index in [1.54, 1.807) is 7.11 Å². The average molecular weight is 202 g/mol. The standard InChI is InChI=1S/C12H14N2O/c1-8-5-4-6-10(11(8)15-3)12-13-7-9(2)14-12/h4-7H,1-3H3,(H,13,14). The summed E-state index contributed by atoms with van der Waals surface area (Å²) in [5.74, 6) is 1.74. The summed E-state index contributed by atoms with van der Waals surface area (Å²) in [5, 5.41) is 0. The molecule has 2 aromatic rings. The highest BCUT2D eigenvalue weighted by Crippen LogP contribution is 2.30. The predicted molar refractivity (Wildman–Crippen MR) is 60.0 cm³/mol. The van der Waals surface area contributed by atoms with Crippen LogP contribution in [0.4, 0.5) is 0 Å². The number of methoxy groups -OCH3 is 1. The minimum absolute atomic E-state index is 0.855. The monoisotopic (exact) mass is 202 g/mol. The maximum Gasteiger partial charge on any atom is 0.141 e. The highest BCUT2D eigenvalue weighted by molar-refractivity contribution is 5.66. The van der Waals surface area contributed by atoms with Crippen molar-refractivity contribution in [1.29, 1.82) is 0 Å². The van der Waals surface area contributed by atoms with Crippen LogP contribution in [0.25, 0.3) is 11.4 Å². The second-order valence-electron chi connectivity index (χ2n) is 3.55. The van der Waals surface area contributed by atoms with Crippen molar-refractivity contribution in [2.24, 2.45) is 0 Å². The molecule has 0 amide bonds. The molecule has 0 aliphatic heterocycles. The number of imidazole rings is 1. The van der Waals surface area contributed by atoms with Gasteiger partial charge in [0.1, 0.15) is 11.6 Å². The summed E-state index contributed by atoms with van der Waals surface area (Å²) in [4.78, 5) is 7.53. The summed E-state index contributed by atoms with van der Waals surface area (Å²) in [6.45, 7) is 3.99. The number of para-hydroxylation sites is 1. The third-order valence-corrected chi connectivity index (χ3v) is 2.38. The molecule has 0 saturated carbocycles. The van der Waals surface area contributed by atoms with Crippen LogP contribution in [0.2, 0.25) is 0 Å². The Balaban J connectivity index is 2.57. The molecule has 0 unspecified atom stereocenters. The molecule has 0 saturated heterocycles. The van der Waals surface area contributed by atoms with Gasteiger partial charge in [0.05, 0.1) is 18.4 Å². The van der Waals surface area contributed by atoms with Gasteiger partial charge in [-0.3, -0.25) is 0 Å². The number of aryl methyl sites for hydroxylation is 2. The number of hydrogen-bond donors (Lipinski definition) is 1. The van der Waals surface area contributed by atoms with Gasteiger partial charge in [0, 0.05) is 6.20 Å². The van der Waals surface area contributed by atoms with Gasteiger partial charge in [-0.15, -0.1) is 0 Å². The Kier molecular flexibility index (Phi) is 2.46. The Morgan fingerprint density at radius 2 is 2.07 bits per heavy atom. The summed E-state index contributed by atoms with van der Waals surface area (Å²) in [7, 11) is 1.68. The Morgan fingerprint density at radius 1 is 1.27 bits per heavy atom. The highest BCUT2D eigenvalue weighted by atomic mass is 16.5. The molecule has 1 aromatic heterocycles. The quantitative estimate of drug-likeness (QED) is 0.813. The first-order valence-corrected chi connectivity index (χ1v) is 4.88. The molecule has 0 aliphatic carbocycles. The second kappa shape index (κ2) is 3.77. The minimum Gasteiger partial charge on any atom is -0.496 e. The molecule has 1 aromatic carbocycles. The number of aromatic nitrogens is 2. The normalized spacial score (nSPS) is 10.3. The molecule has 3 nitrogen and oxygen atoms in total. The van der Waals surface area contributed by atoms with Gasteiger partial charge >= 0.3 is 0 Å². The summed E-state index contributed by atoms with van der Waals surface area (Å²) < 4.78 is 5.38. The third kappa shape index (κ3) is 1.73. The molecule has 2 rings (SSSR count). The van der Waals surface area contributed by atoms with Crippen LogP contribution < -0.4 is 4.74 Å². The number of rotatable bonds is 2. The van der Waals surface area contributed by atoms with Gasteiger partial charge in [-0.2, -0.15) is 0 Å². The van der Waals surface area contributed by atoms with Gasteiger partial charge in [0.2, 0.25) is 0 Å². The van der Waals surface area contributed by atoms with Crippen LogP contribution >= 0.6 is 0 Å². The molecule has 0 fully saturated rings. The first kappa shape index (κ1) is 9.77.